The minimum atomic E-state index is -0.239. The average Bonchev–Trinajstić information content (AvgIpc) is 2.65. The molecule has 90 valence electrons. The lowest BCUT2D eigenvalue weighted by Crippen LogP contribution is -2.13. The second kappa shape index (κ2) is 5.42. The SMILES string of the molecule is CNCc1ccnn1Cc1cc(F)cc(Br)c1. The Morgan fingerprint density at radius 1 is 1.41 bits per heavy atom. The van der Waals surface area contributed by atoms with Crippen LogP contribution in [-0.4, -0.2) is 16.8 Å². The minimum absolute atomic E-state index is 0.239. The van der Waals surface area contributed by atoms with E-state index in [2.05, 4.69) is 26.3 Å². The van der Waals surface area contributed by atoms with E-state index in [1.54, 1.807) is 6.20 Å². The standard InChI is InChI=1S/C12H13BrFN3/c1-15-7-12-2-3-16-17(12)8-9-4-10(13)6-11(14)5-9/h2-6,15H,7-8H2,1H3. The van der Waals surface area contributed by atoms with Gasteiger partial charge in [0.15, 0.2) is 0 Å². The van der Waals surface area contributed by atoms with E-state index in [4.69, 9.17) is 0 Å². The molecule has 1 aromatic heterocycles. The molecule has 0 aliphatic heterocycles. The average molecular weight is 298 g/mol. The van der Waals surface area contributed by atoms with E-state index < -0.39 is 0 Å². The van der Waals surface area contributed by atoms with Gasteiger partial charge in [0.2, 0.25) is 0 Å². The summed E-state index contributed by atoms with van der Waals surface area (Å²) in [4.78, 5) is 0. The first-order chi connectivity index (χ1) is 8.19. The highest BCUT2D eigenvalue weighted by molar-refractivity contribution is 9.10. The van der Waals surface area contributed by atoms with E-state index in [0.717, 1.165) is 22.3 Å². The van der Waals surface area contributed by atoms with Crippen molar-refractivity contribution in [2.75, 3.05) is 7.05 Å². The molecule has 0 unspecified atom stereocenters. The highest BCUT2D eigenvalue weighted by Crippen LogP contribution is 2.16. The summed E-state index contributed by atoms with van der Waals surface area (Å²) in [5, 5.41) is 7.30. The van der Waals surface area contributed by atoms with Crippen LogP contribution in [0.4, 0.5) is 4.39 Å². The molecule has 0 saturated heterocycles. The molecule has 5 heteroatoms. The van der Waals surface area contributed by atoms with Crippen LogP contribution in [0, 0.1) is 5.82 Å². The second-order valence-corrected chi connectivity index (χ2v) is 4.70. The van der Waals surface area contributed by atoms with Gasteiger partial charge < -0.3 is 5.32 Å². The van der Waals surface area contributed by atoms with Crippen LogP contribution in [0.1, 0.15) is 11.3 Å². The Kier molecular flexibility index (Phi) is 3.91. The summed E-state index contributed by atoms with van der Waals surface area (Å²) in [6.07, 6.45) is 1.75. The first-order valence-corrected chi connectivity index (χ1v) is 6.08. The summed E-state index contributed by atoms with van der Waals surface area (Å²) in [6, 6.07) is 6.81. The maximum absolute atomic E-state index is 13.2. The number of benzene rings is 1. The van der Waals surface area contributed by atoms with Gasteiger partial charge in [0.1, 0.15) is 5.82 Å². The van der Waals surface area contributed by atoms with Gasteiger partial charge in [0.25, 0.3) is 0 Å². The Morgan fingerprint density at radius 2 is 2.24 bits per heavy atom. The number of hydrogen-bond acceptors (Lipinski definition) is 2. The molecule has 0 amide bonds. The van der Waals surface area contributed by atoms with Crippen LogP contribution in [0.5, 0.6) is 0 Å². The fourth-order valence-electron chi connectivity index (χ4n) is 1.71. The molecule has 0 saturated carbocycles. The van der Waals surface area contributed by atoms with Crippen LogP contribution < -0.4 is 5.32 Å². The monoisotopic (exact) mass is 297 g/mol. The normalized spacial score (nSPS) is 10.8. The fraction of sp³-hybridized carbons (Fsp3) is 0.250. The number of nitrogens with zero attached hydrogens (tertiary/aromatic N) is 2. The zero-order chi connectivity index (χ0) is 12.3. The topological polar surface area (TPSA) is 29.9 Å². The Bertz CT molecular complexity index is 490. The van der Waals surface area contributed by atoms with Crippen molar-refractivity contribution in [2.45, 2.75) is 13.1 Å². The van der Waals surface area contributed by atoms with Gasteiger partial charge in [0.05, 0.1) is 12.2 Å². The van der Waals surface area contributed by atoms with Crippen molar-refractivity contribution < 1.29 is 4.39 Å². The Balaban J connectivity index is 2.22. The van der Waals surface area contributed by atoms with Crippen LogP contribution in [0.15, 0.2) is 34.9 Å². The van der Waals surface area contributed by atoms with Gasteiger partial charge >= 0.3 is 0 Å². The third-order valence-electron chi connectivity index (χ3n) is 2.42. The molecule has 2 aromatic rings. The number of hydrogen-bond donors (Lipinski definition) is 1. The van der Waals surface area contributed by atoms with E-state index >= 15 is 0 Å². The maximum Gasteiger partial charge on any atom is 0.124 e. The zero-order valence-electron chi connectivity index (χ0n) is 9.45. The van der Waals surface area contributed by atoms with Crippen LogP contribution in [0.3, 0.4) is 0 Å². The molecule has 0 spiro atoms. The molecule has 1 heterocycles. The van der Waals surface area contributed by atoms with Crippen molar-refractivity contribution in [1.82, 2.24) is 15.1 Å². The summed E-state index contributed by atoms with van der Waals surface area (Å²) >= 11 is 3.28. The maximum atomic E-state index is 13.2. The van der Waals surface area contributed by atoms with E-state index in [1.807, 2.05) is 23.9 Å². The van der Waals surface area contributed by atoms with Gasteiger partial charge in [-0.2, -0.15) is 5.10 Å². The van der Waals surface area contributed by atoms with E-state index in [-0.39, 0.29) is 5.82 Å². The van der Waals surface area contributed by atoms with Crippen LogP contribution in [0.2, 0.25) is 0 Å². The molecule has 0 aliphatic carbocycles. The molecule has 3 nitrogen and oxygen atoms in total. The molecule has 17 heavy (non-hydrogen) atoms. The fourth-order valence-corrected chi connectivity index (χ4v) is 2.22. The molecule has 0 fully saturated rings. The first-order valence-electron chi connectivity index (χ1n) is 5.29. The van der Waals surface area contributed by atoms with Crippen molar-refractivity contribution in [3.05, 3.63) is 52.0 Å². The quantitative estimate of drug-likeness (QED) is 0.940. The Hall–Kier alpha value is -1.20. The van der Waals surface area contributed by atoms with E-state index in [1.165, 1.54) is 12.1 Å². The number of nitrogens with one attached hydrogen (secondary N) is 1. The highest BCUT2D eigenvalue weighted by atomic mass is 79.9. The van der Waals surface area contributed by atoms with Gasteiger partial charge in [-0.3, -0.25) is 4.68 Å². The highest BCUT2D eigenvalue weighted by Gasteiger charge is 2.04. The second-order valence-electron chi connectivity index (χ2n) is 3.79. The summed E-state index contributed by atoms with van der Waals surface area (Å²) in [6.45, 7) is 1.32. The molecule has 0 bridgehead atoms. The lowest BCUT2D eigenvalue weighted by molar-refractivity contribution is 0.604. The molecule has 0 aliphatic rings. The van der Waals surface area contributed by atoms with Crippen molar-refractivity contribution in [1.29, 1.82) is 0 Å². The summed E-state index contributed by atoms with van der Waals surface area (Å²) < 4.78 is 15.8. The molecular weight excluding hydrogens is 285 g/mol. The van der Waals surface area contributed by atoms with Crippen molar-refractivity contribution in [3.63, 3.8) is 0 Å². The van der Waals surface area contributed by atoms with Crippen LogP contribution in [0.25, 0.3) is 0 Å². The lowest BCUT2D eigenvalue weighted by Gasteiger charge is -2.08. The van der Waals surface area contributed by atoms with Gasteiger partial charge in [-0.05, 0) is 36.9 Å². The van der Waals surface area contributed by atoms with Crippen molar-refractivity contribution in [2.24, 2.45) is 0 Å². The Labute approximate surface area is 108 Å². The van der Waals surface area contributed by atoms with Gasteiger partial charge in [0, 0.05) is 17.2 Å². The van der Waals surface area contributed by atoms with Gasteiger partial charge in [-0.25, -0.2) is 4.39 Å². The number of halogens is 2. The van der Waals surface area contributed by atoms with Gasteiger partial charge in [-0.1, -0.05) is 15.9 Å². The molecule has 1 aromatic carbocycles. The van der Waals surface area contributed by atoms with E-state index in [9.17, 15) is 4.39 Å². The predicted molar refractivity (Wildman–Crippen MR) is 68.2 cm³/mol. The molecular formula is C12H13BrFN3. The lowest BCUT2D eigenvalue weighted by atomic mass is 10.2. The molecule has 0 radical (unpaired) electrons. The molecule has 1 N–H and O–H groups in total. The van der Waals surface area contributed by atoms with Crippen molar-refractivity contribution >= 4 is 15.9 Å². The summed E-state index contributed by atoms with van der Waals surface area (Å²) in [7, 11) is 1.89. The third-order valence-corrected chi connectivity index (χ3v) is 2.87. The largest absolute Gasteiger partial charge is 0.314 e. The summed E-state index contributed by atoms with van der Waals surface area (Å²) in [5.74, 6) is -0.239. The summed E-state index contributed by atoms with van der Waals surface area (Å²) in [5.41, 5.74) is 1.96. The van der Waals surface area contributed by atoms with Crippen LogP contribution in [-0.2, 0) is 13.1 Å². The Morgan fingerprint density at radius 3 is 2.94 bits per heavy atom. The first kappa shape index (κ1) is 12.3. The minimum Gasteiger partial charge on any atom is -0.314 e. The van der Waals surface area contributed by atoms with Gasteiger partial charge in [-0.15, -0.1) is 0 Å². The van der Waals surface area contributed by atoms with Crippen molar-refractivity contribution in [3.8, 4) is 0 Å². The predicted octanol–water partition coefficient (Wildman–Crippen LogP) is 2.55. The van der Waals surface area contributed by atoms with E-state index in [0.29, 0.717) is 6.54 Å². The molecule has 2 rings (SSSR count). The number of rotatable bonds is 4. The smallest absolute Gasteiger partial charge is 0.124 e. The number of aromatic nitrogens is 2. The zero-order valence-corrected chi connectivity index (χ0v) is 11.0. The van der Waals surface area contributed by atoms with Crippen LogP contribution >= 0.6 is 15.9 Å². The third kappa shape index (κ3) is 3.14. The molecule has 0 atom stereocenters.